The van der Waals surface area contributed by atoms with Crippen molar-refractivity contribution in [3.63, 3.8) is 0 Å². The summed E-state index contributed by atoms with van der Waals surface area (Å²) in [4.78, 5) is 12.9. The molecule has 4 rings (SSSR count). The molecule has 0 spiro atoms. The maximum Gasteiger partial charge on any atom is 0.228 e. The number of aryl methyl sites for hydroxylation is 1. The number of rotatable bonds is 5. The first kappa shape index (κ1) is 17.6. The Morgan fingerprint density at radius 3 is 2.63 bits per heavy atom. The Hall–Kier alpha value is -2.76. The Labute approximate surface area is 163 Å². The van der Waals surface area contributed by atoms with Gasteiger partial charge in [-0.25, -0.2) is 9.97 Å². The van der Waals surface area contributed by atoms with E-state index in [1.54, 1.807) is 11.3 Å². The van der Waals surface area contributed by atoms with E-state index in [1.165, 1.54) is 11.1 Å². The molecule has 2 heterocycles. The molecule has 0 saturated heterocycles. The maximum absolute atomic E-state index is 4.85. The SMILES string of the molecule is Cc1ccc(CN(C)C)cc1Nc1nc(-c2cccs2)c2ccccc2n1. The Kier molecular flexibility index (Phi) is 4.88. The number of aromatic nitrogens is 2. The maximum atomic E-state index is 4.85. The lowest BCUT2D eigenvalue weighted by molar-refractivity contribution is 0.402. The van der Waals surface area contributed by atoms with Crippen molar-refractivity contribution in [2.45, 2.75) is 13.5 Å². The number of para-hydroxylation sites is 1. The van der Waals surface area contributed by atoms with Crippen molar-refractivity contribution in [2.24, 2.45) is 0 Å². The summed E-state index contributed by atoms with van der Waals surface area (Å²) < 4.78 is 0. The van der Waals surface area contributed by atoms with Gasteiger partial charge in [0.1, 0.15) is 0 Å². The summed E-state index contributed by atoms with van der Waals surface area (Å²) in [7, 11) is 4.15. The van der Waals surface area contributed by atoms with Gasteiger partial charge in [-0.3, -0.25) is 0 Å². The number of nitrogens with one attached hydrogen (secondary N) is 1. The second-order valence-corrected chi connectivity index (χ2v) is 7.85. The third kappa shape index (κ3) is 3.84. The molecule has 0 saturated carbocycles. The Morgan fingerprint density at radius 2 is 1.85 bits per heavy atom. The highest BCUT2D eigenvalue weighted by atomic mass is 32.1. The van der Waals surface area contributed by atoms with Gasteiger partial charge in [0, 0.05) is 17.6 Å². The average molecular weight is 375 g/mol. The lowest BCUT2D eigenvalue weighted by atomic mass is 10.1. The summed E-state index contributed by atoms with van der Waals surface area (Å²) in [6.07, 6.45) is 0. The Bertz CT molecular complexity index is 1070. The molecule has 0 aliphatic rings. The van der Waals surface area contributed by atoms with E-state index in [9.17, 15) is 0 Å². The topological polar surface area (TPSA) is 41.0 Å². The van der Waals surface area contributed by atoms with Gasteiger partial charge in [-0.2, -0.15) is 0 Å². The van der Waals surface area contributed by atoms with Crippen molar-refractivity contribution < 1.29 is 0 Å². The van der Waals surface area contributed by atoms with Gasteiger partial charge < -0.3 is 10.2 Å². The van der Waals surface area contributed by atoms with Crippen LogP contribution in [0.4, 0.5) is 11.6 Å². The van der Waals surface area contributed by atoms with Gasteiger partial charge in [-0.1, -0.05) is 36.4 Å². The molecule has 0 fully saturated rings. The molecule has 0 bridgehead atoms. The fraction of sp³-hybridized carbons (Fsp3) is 0.182. The highest BCUT2D eigenvalue weighted by Gasteiger charge is 2.11. The van der Waals surface area contributed by atoms with Gasteiger partial charge in [0.25, 0.3) is 0 Å². The van der Waals surface area contributed by atoms with Crippen LogP contribution < -0.4 is 5.32 Å². The first-order valence-electron chi connectivity index (χ1n) is 8.92. The van der Waals surface area contributed by atoms with E-state index in [4.69, 9.17) is 9.97 Å². The van der Waals surface area contributed by atoms with Crippen molar-refractivity contribution in [3.8, 4) is 10.6 Å². The zero-order valence-electron chi connectivity index (χ0n) is 15.7. The van der Waals surface area contributed by atoms with Crippen molar-refractivity contribution in [3.05, 3.63) is 71.1 Å². The molecular formula is C22H22N4S. The first-order chi connectivity index (χ1) is 13.1. The Balaban J connectivity index is 1.77. The van der Waals surface area contributed by atoms with E-state index in [2.05, 4.69) is 73.0 Å². The van der Waals surface area contributed by atoms with E-state index < -0.39 is 0 Å². The minimum absolute atomic E-state index is 0.627. The van der Waals surface area contributed by atoms with Crippen molar-refractivity contribution in [2.75, 3.05) is 19.4 Å². The van der Waals surface area contributed by atoms with Crippen LogP contribution in [0.25, 0.3) is 21.5 Å². The third-order valence-electron chi connectivity index (χ3n) is 4.41. The molecule has 0 amide bonds. The van der Waals surface area contributed by atoms with Crippen LogP contribution in [0.5, 0.6) is 0 Å². The van der Waals surface area contributed by atoms with Crippen molar-refractivity contribution >= 4 is 33.9 Å². The zero-order chi connectivity index (χ0) is 18.8. The van der Waals surface area contributed by atoms with Crippen LogP contribution in [0, 0.1) is 6.92 Å². The van der Waals surface area contributed by atoms with Gasteiger partial charge in [-0.15, -0.1) is 11.3 Å². The quantitative estimate of drug-likeness (QED) is 0.503. The molecule has 4 aromatic rings. The van der Waals surface area contributed by atoms with E-state index in [0.29, 0.717) is 5.95 Å². The van der Waals surface area contributed by atoms with E-state index >= 15 is 0 Å². The molecule has 0 radical (unpaired) electrons. The summed E-state index contributed by atoms with van der Waals surface area (Å²) in [5.41, 5.74) is 5.39. The first-order valence-corrected chi connectivity index (χ1v) is 9.80. The normalized spacial score (nSPS) is 11.3. The second-order valence-electron chi connectivity index (χ2n) is 6.90. The number of thiophene rings is 1. The number of nitrogens with zero attached hydrogens (tertiary/aromatic N) is 3. The van der Waals surface area contributed by atoms with E-state index in [-0.39, 0.29) is 0 Å². The van der Waals surface area contributed by atoms with Crippen LogP contribution in [-0.4, -0.2) is 29.0 Å². The zero-order valence-corrected chi connectivity index (χ0v) is 16.5. The predicted molar refractivity (Wildman–Crippen MR) is 115 cm³/mol. The minimum atomic E-state index is 0.627. The number of hydrogen-bond acceptors (Lipinski definition) is 5. The van der Waals surface area contributed by atoms with E-state index in [1.807, 2.05) is 18.2 Å². The third-order valence-corrected chi connectivity index (χ3v) is 5.28. The fourth-order valence-corrected chi connectivity index (χ4v) is 3.85. The highest BCUT2D eigenvalue weighted by Crippen LogP contribution is 2.31. The van der Waals surface area contributed by atoms with Gasteiger partial charge in [0.15, 0.2) is 0 Å². The van der Waals surface area contributed by atoms with Gasteiger partial charge >= 0.3 is 0 Å². The molecule has 0 atom stereocenters. The summed E-state index contributed by atoms with van der Waals surface area (Å²) in [5.74, 6) is 0.627. The smallest absolute Gasteiger partial charge is 0.228 e. The standard InChI is InChI=1S/C22H22N4S/c1-15-10-11-16(14-26(2)3)13-19(15)24-22-23-18-8-5-4-7-17(18)21(25-22)20-9-6-12-27-20/h4-13H,14H2,1-3H3,(H,23,24,25). The van der Waals surface area contributed by atoms with Gasteiger partial charge in [0.05, 0.1) is 16.1 Å². The van der Waals surface area contributed by atoms with Crippen molar-refractivity contribution in [1.82, 2.24) is 14.9 Å². The average Bonchev–Trinajstić information content (AvgIpc) is 3.18. The molecule has 2 aromatic carbocycles. The molecule has 1 N–H and O–H groups in total. The van der Waals surface area contributed by atoms with Crippen LogP contribution in [0.15, 0.2) is 60.0 Å². The molecule has 5 heteroatoms. The van der Waals surface area contributed by atoms with Crippen LogP contribution in [0.1, 0.15) is 11.1 Å². The molecule has 0 unspecified atom stereocenters. The summed E-state index contributed by atoms with van der Waals surface area (Å²) >= 11 is 1.69. The lowest BCUT2D eigenvalue weighted by Gasteiger charge is -2.14. The molecule has 4 nitrogen and oxygen atoms in total. The number of fused-ring (bicyclic) bond motifs is 1. The number of anilines is 2. The summed E-state index contributed by atoms with van der Waals surface area (Å²) in [5, 5.41) is 6.59. The molecular weight excluding hydrogens is 352 g/mol. The van der Waals surface area contributed by atoms with Crippen LogP contribution in [0.2, 0.25) is 0 Å². The summed E-state index contributed by atoms with van der Waals surface area (Å²) in [6, 6.07) is 18.8. The molecule has 2 aromatic heterocycles. The lowest BCUT2D eigenvalue weighted by Crippen LogP contribution is -2.11. The number of benzene rings is 2. The molecule has 0 aliphatic heterocycles. The molecule has 27 heavy (non-hydrogen) atoms. The van der Waals surface area contributed by atoms with Crippen LogP contribution in [0.3, 0.4) is 0 Å². The minimum Gasteiger partial charge on any atom is -0.324 e. The van der Waals surface area contributed by atoms with E-state index in [0.717, 1.165) is 33.7 Å². The largest absolute Gasteiger partial charge is 0.324 e. The van der Waals surface area contributed by atoms with Crippen molar-refractivity contribution in [1.29, 1.82) is 0 Å². The molecule has 136 valence electrons. The fourth-order valence-electron chi connectivity index (χ4n) is 3.12. The molecule has 0 aliphatic carbocycles. The Morgan fingerprint density at radius 1 is 1.00 bits per heavy atom. The van der Waals surface area contributed by atoms with Gasteiger partial charge in [0.2, 0.25) is 5.95 Å². The highest BCUT2D eigenvalue weighted by molar-refractivity contribution is 7.13. The second kappa shape index (κ2) is 7.47. The van der Waals surface area contributed by atoms with Gasteiger partial charge in [-0.05, 0) is 55.7 Å². The monoisotopic (exact) mass is 374 g/mol. The predicted octanol–water partition coefficient (Wildman–Crippen LogP) is 5.47. The van der Waals surface area contributed by atoms with Crippen LogP contribution in [-0.2, 0) is 6.54 Å². The number of hydrogen-bond donors (Lipinski definition) is 1. The van der Waals surface area contributed by atoms with Crippen LogP contribution >= 0.6 is 11.3 Å². The summed E-state index contributed by atoms with van der Waals surface area (Å²) in [6.45, 7) is 3.00.